The van der Waals surface area contributed by atoms with Gasteiger partial charge in [-0.3, -0.25) is 0 Å². The van der Waals surface area contributed by atoms with Gasteiger partial charge < -0.3 is 19.3 Å². The van der Waals surface area contributed by atoms with Crippen molar-refractivity contribution in [3.8, 4) is 28.4 Å². The van der Waals surface area contributed by atoms with Crippen LogP contribution in [0.1, 0.15) is 0 Å². The van der Waals surface area contributed by atoms with Gasteiger partial charge in [0.1, 0.15) is 0 Å². The quantitative estimate of drug-likeness (QED) is 0.654. The maximum absolute atomic E-state index is 10.5. The highest BCUT2D eigenvalue weighted by Gasteiger charge is 2.23. The summed E-state index contributed by atoms with van der Waals surface area (Å²) in [5.41, 5.74) is 1.53. The molecule has 0 aliphatic rings. The fourth-order valence-electron chi connectivity index (χ4n) is 2.09. The van der Waals surface area contributed by atoms with E-state index in [1.807, 2.05) is 24.3 Å². The standard InChI is InChI=1S/C15H12INO3/c1-17-15-12(9-4-2-5-10(16)8-9)13(18)14(20-15)11-6-3-7-19-11/h2-8,17-18H,1H3. The Labute approximate surface area is 129 Å². The Morgan fingerprint density at radius 2 is 2.05 bits per heavy atom. The van der Waals surface area contributed by atoms with Crippen LogP contribution in [0, 0.1) is 3.57 Å². The van der Waals surface area contributed by atoms with E-state index in [9.17, 15) is 5.11 Å². The predicted octanol–water partition coefficient (Wildman–Crippen LogP) is 4.56. The smallest absolute Gasteiger partial charge is 0.214 e. The number of hydrogen-bond acceptors (Lipinski definition) is 4. The van der Waals surface area contributed by atoms with Crippen LogP contribution in [0.5, 0.6) is 5.75 Å². The van der Waals surface area contributed by atoms with E-state index in [0.717, 1.165) is 9.13 Å². The molecule has 4 nitrogen and oxygen atoms in total. The second kappa shape index (κ2) is 5.24. The van der Waals surface area contributed by atoms with E-state index in [1.165, 1.54) is 0 Å². The lowest BCUT2D eigenvalue weighted by molar-refractivity contribution is 0.456. The SMILES string of the molecule is CNc1oc(-c2ccco2)c(O)c1-c1cccc(I)c1. The Kier molecular flexibility index (Phi) is 3.43. The molecule has 2 N–H and O–H groups in total. The first-order chi connectivity index (χ1) is 9.70. The molecule has 2 aromatic heterocycles. The summed E-state index contributed by atoms with van der Waals surface area (Å²) in [6, 6.07) is 11.3. The Bertz CT molecular complexity index is 732. The molecule has 3 rings (SSSR count). The van der Waals surface area contributed by atoms with Crippen LogP contribution in [0.15, 0.2) is 51.5 Å². The molecule has 0 bridgehead atoms. The summed E-state index contributed by atoms with van der Waals surface area (Å²) in [4.78, 5) is 0. The highest BCUT2D eigenvalue weighted by atomic mass is 127. The summed E-state index contributed by atoms with van der Waals surface area (Å²) in [5, 5.41) is 13.4. The van der Waals surface area contributed by atoms with Gasteiger partial charge in [-0.15, -0.1) is 0 Å². The summed E-state index contributed by atoms with van der Waals surface area (Å²) < 4.78 is 12.1. The molecule has 102 valence electrons. The number of rotatable bonds is 3. The van der Waals surface area contributed by atoms with Crippen LogP contribution in [0.3, 0.4) is 0 Å². The second-order valence-electron chi connectivity index (χ2n) is 4.22. The van der Waals surface area contributed by atoms with Crippen molar-refractivity contribution in [2.45, 2.75) is 0 Å². The van der Waals surface area contributed by atoms with Crippen LogP contribution < -0.4 is 5.32 Å². The van der Waals surface area contributed by atoms with Crippen molar-refractivity contribution in [3.05, 3.63) is 46.2 Å². The van der Waals surface area contributed by atoms with Gasteiger partial charge in [-0.2, -0.15) is 0 Å². The van der Waals surface area contributed by atoms with Crippen molar-refractivity contribution in [2.24, 2.45) is 0 Å². The third-order valence-electron chi connectivity index (χ3n) is 2.97. The highest BCUT2D eigenvalue weighted by Crippen LogP contribution is 2.46. The average molecular weight is 381 g/mol. The van der Waals surface area contributed by atoms with Gasteiger partial charge in [0.25, 0.3) is 0 Å². The monoisotopic (exact) mass is 381 g/mol. The van der Waals surface area contributed by atoms with E-state index >= 15 is 0 Å². The molecule has 0 atom stereocenters. The normalized spacial score (nSPS) is 10.7. The molecule has 0 saturated carbocycles. The first-order valence-corrected chi connectivity index (χ1v) is 7.12. The second-order valence-corrected chi connectivity index (χ2v) is 5.47. The van der Waals surface area contributed by atoms with Crippen LogP contribution in [-0.4, -0.2) is 12.2 Å². The molecule has 1 aromatic carbocycles. The van der Waals surface area contributed by atoms with Gasteiger partial charge in [0.05, 0.1) is 11.8 Å². The van der Waals surface area contributed by atoms with Crippen LogP contribution in [0.4, 0.5) is 5.88 Å². The summed E-state index contributed by atoms with van der Waals surface area (Å²) >= 11 is 2.23. The minimum Gasteiger partial charge on any atom is -0.504 e. The maximum atomic E-state index is 10.5. The zero-order valence-corrected chi connectivity index (χ0v) is 12.8. The van der Waals surface area contributed by atoms with Crippen molar-refractivity contribution >= 4 is 28.5 Å². The number of halogens is 1. The molecule has 0 aliphatic carbocycles. The molecular weight excluding hydrogens is 369 g/mol. The number of furan rings is 2. The fourth-order valence-corrected chi connectivity index (χ4v) is 2.63. The first kappa shape index (κ1) is 13.1. The zero-order chi connectivity index (χ0) is 14.1. The number of aromatic hydroxyl groups is 1. The molecule has 0 amide bonds. The fraction of sp³-hybridized carbons (Fsp3) is 0.0667. The topological polar surface area (TPSA) is 58.5 Å². The van der Waals surface area contributed by atoms with E-state index in [4.69, 9.17) is 8.83 Å². The van der Waals surface area contributed by atoms with Crippen molar-refractivity contribution < 1.29 is 13.9 Å². The van der Waals surface area contributed by atoms with E-state index < -0.39 is 0 Å². The zero-order valence-electron chi connectivity index (χ0n) is 10.7. The highest BCUT2D eigenvalue weighted by molar-refractivity contribution is 14.1. The number of benzene rings is 1. The van der Waals surface area contributed by atoms with Crippen LogP contribution in [-0.2, 0) is 0 Å². The lowest BCUT2D eigenvalue weighted by Crippen LogP contribution is -1.88. The van der Waals surface area contributed by atoms with Crippen molar-refractivity contribution in [2.75, 3.05) is 12.4 Å². The Morgan fingerprint density at radius 3 is 2.70 bits per heavy atom. The molecule has 0 aliphatic heterocycles. The Balaban J connectivity index is 2.20. The van der Waals surface area contributed by atoms with E-state index in [0.29, 0.717) is 23.0 Å². The van der Waals surface area contributed by atoms with E-state index in [-0.39, 0.29) is 5.75 Å². The molecule has 0 fully saturated rings. The number of anilines is 1. The van der Waals surface area contributed by atoms with Crippen LogP contribution in [0.25, 0.3) is 22.6 Å². The summed E-state index contributed by atoms with van der Waals surface area (Å²) in [6.07, 6.45) is 1.54. The third-order valence-corrected chi connectivity index (χ3v) is 3.64. The Morgan fingerprint density at radius 1 is 1.20 bits per heavy atom. The van der Waals surface area contributed by atoms with Gasteiger partial charge >= 0.3 is 0 Å². The first-order valence-electron chi connectivity index (χ1n) is 6.04. The largest absolute Gasteiger partial charge is 0.504 e. The number of hydrogen-bond donors (Lipinski definition) is 2. The third kappa shape index (κ3) is 2.18. The van der Waals surface area contributed by atoms with Gasteiger partial charge in [-0.05, 0) is 52.4 Å². The van der Waals surface area contributed by atoms with Gasteiger partial charge in [0, 0.05) is 10.6 Å². The summed E-state index contributed by atoms with van der Waals surface area (Å²) in [7, 11) is 1.75. The molecule has 0 saturated heterocycles. The molecule has 0 radical (unpaired) electrons. The molecule has 0 unspecified atom stereocenters. The van der Waals surface area contributed by atoms with Crippen molar-refractivity contribution in [1.29, 1.82) is 0 Å². The molecule has 5 heteroatoms. The lowest BCUT2D eigenvalue weighted by Gasteiger charge is -2.02. The van der Waals surface area contributed by atoms with Gasteiger partial charge in [0.15, 0.2) is 11.5 Å². The maximum Gasteiger partial charge on any atom is 0.214 e. The molecule has 3 aromatic rings. The van der Waals surface area contributed by atoms with Crippen molar-refractivity contribution in [3.63, 3.8) is 0 Å². The van der Waals surface area contributed by atoms with E-state index in [2.05, 4.69) is 27.9 Å². The Hall–Kier alpha value is -1.89. The average Bonchev–Trinajstić information content (AvgIpc) is 3.05. The van der Waals surface area contributed by atoms with Crippen LogP contribution in [0.2, 0.25) is 0 Å². The van der Waals surface area contributed by atoms with Gasteiger partial charge in [-0.25, -0.2) is 0 Å². The lowest BCUT2D eigenvalue weighted by atomic mass is 10.1. The molecular formula is C15H12INO3. The van der Waals surface area contributed by atoms with E-state index in [1.54, 1.807) is 25.4 Å². The van der Waals surface area contributed by atoms with Gasteiger partial charge in [-0.1, -0.05) is 12.1 Å². The molecule has 0 spiro atoms. The van der Waals surface area contributed by atoms with Crippen LogP contribution >= 0.6 is 22.6 Å². The minimum absolute atomic E-state index is 0.0753. The minimum atomic E-state index is 0.0753. The molecule has 2 heterocycles. The summed E-state index contributed by atoms with van der Waals surface area (Å²) in [5.74, 6) is 1.41. The number of nitrogens with one attached hydrogen (secondary N) is 1. The van der Waals surface area contributed by atoms with Crippen molar-refractivity contribution in [1.82, 2.24) is 0 Å². The van der Waals surface area contributed by atoms with Gasteiger partial charge in [0.2, 0.25) is 11.6 Å². The summed E-state index contributed by atoms with van der Waals surface area (Å²) in [6.45, 7) is 0. The predicted molar refractivity (Wildman–Crippen MR) is 85.8 cm³/mol. The molecule has 20 heavy (non-hydrogen) atoms.